The normalized spacial score (nSPS) is 19.6. The number of hydrogen-bond acceptors (Lipinski definition) is 3. The third-order valence-corrected chi connectivity index (χ3v) is 3.23. The lowest BCUT2D eigenvalue weighted by atomic mass is 9.88. The maximum atomic E-state index is 13.3. The number of hydrogen-bond donors (Lipinski definition) is 1. The molecule has 1 heterocycles. The number of ether oxygens (including phenoxy) is 1. The Morgan fingerprint density at radius 1 is 1.39 bits per heavy atom. The van der Waals surface area contributed by atoms with Crippen LogP contribution in [-0.2, 0) is 4.74 Å². The predicted molar refractivity (Wildman–Crippen MR) is 62.5 cm³/mol. The van der Waals surface area contributed by atoms with Crippen LogP contribution in [0.1, 0.15) is 34.7 Å². The molecule has 1 saturated heterocycles. The summed E-state index contributed by atoms with van der Waals surface area (Å²) in [6.07, 6.45) is 1.80. The van der Waals surface area contributed by atoms with Crippen molar-refractivity contribution in [3.05, 3.63) is 34.9 Å². The highest BCUT2D eigenvalue weighted by atomic mass is 19.2. The van der Waals surface area contributed by atoms with E-state index in [1.54, 1.807) is 0 Å². The summed E-state index contributed by atoms with van der Waals surface area (Å²) < 4.78 is 31.2. The summed E-state index contributed by atoms with van der Waals surface area (Å²) in [4.78, 5) is 11.6. The van der Waals surface area contributed by atoms with Crippen molar-refractivity contribution in [2.75, 3.05) is 20.2 Å². The molecule has 98 valence electrons. The van der Waals surface area contributed by atoms with E-state index in [0.717, 1.165) is 31.5 Å². The molecule has 0 saturated carbocycles. The minimum absolute atomic E-state index is 0.0166. The third-order valence-electron chi connectivity index (χ3n) is 3.23. The number of carbonyl (C=O) groups is 1. The van der Waals surface area contributed by atoms with Crippen molar-refractivity contribution in [3.63, 3.8) is 0 Å². The molecule has 0 aromatic heterocycles. The summed E-state index contributed by atoms with van der Waals surface area (Å²) in [7, 11) is 1.23. The van der Waals surface area contributed by atoms with E-state index < -0.39 is 17.6 Å². The molecule has 1 aromatic carbocycles. The maximum Gasteiger partial charge on any atom is 0.338 e. The summed E-state index contributed by atoms with van der Waals surface area (Å²) in [5.41, 5.74) is 0.637. The number of nitrogens with one attached hydrogen (secondary N) is 1. The molecule has 1 atom stereocenters. The summed E-state index contributed by atoms with van der Waals surface area (Å²) in [5.74, 6) is -2.57. The number of benzene rings is 1. The van der Waals surface area contributed by atoms with Crippen LogP contribution in [0, 0.1) is 11.6 Å². The van der Waals surface area contributed by atoms with Gasteiger partial charge in [0.1, 0.15) is 0 Å². The molecule has 1 aliphatic rings. The molecule has 0 radical (unpaired) electrons. The molecule has 3 nitrogen and oxygen atoms in total. The van der Waals surface area contributed by atoms with Crippen LogP contribution in [0.5, 0.6) is 0 Å². The van der Waals surface area contributed by atoms with Gasteiger partial charge in [0.25, 0.3) is 0 Å². The molecule has 2 rings (SSSR count). The van der Waals surface area contributed by atoms with Crippen molar-refractivity contribution in [2.24, 2.45) is 0 Å². The average Bonchev–Trinajstić information content (AvgIpc) is 2.41. The molecule has 0 spiro atoms. The van der Waals surface area contributed by atoms with Crippen LogP contribution in [0.3, 0.4) is 0 Å². The Hall–Kier alpha value is -1.49. The third kappa shape index (κ3) is 2.51. The van der Waals surface area contributed by atoms with Gasteiger partial charge in [0.05, 0.1) is 12.7 Å². The first kappa shape index (κ1) is 13.0. The fraction of sp³-hybridized carbons (Fsp3) is 0.462. The second-order valence-corrected chi connectivity index (χ2v) is 4.39. The zero-order valence-corrected chi connectivity index (χ0v) is 10.1. The van der Waals surface area contributed by atoms with Crippen LogP contribution in [0.4, 0.5) is 8.78 Å². The molecule has 1 unspecified atom stereocenters. The van der Waals surface area contributed by atoms with E-state index in [1.165, 1.54) is 7.11 Å². The topological polar surface area (TPSA) is 38.3 Å². The van der Waals surface area contributed by atoms with E-state index in [0.29, 0.717) is 12.1 Å². The van der Waals surface area contributed by atoms with E-state index in [9.17, 15) is 13.6 Å². The highest BCUT2D eigenvalue weighted by Crippen LogP contribution is 2.28. The second-order valence-electron chi connectivity index (χ2n) is 4.39. The van der Waals surface area contributed by atoms with E-state index in [-0.39, 0.29) is 11.5 Å². The highest BCUT2D eigenvalue weighted by Gasteiger charge is 2.24. The van der Waals surface area contributed by atoms with Crippen molar-refractivity contribution < 1.29 is 18.3 Å². The largest absolute Gasteiger partial charge is 0.465 e. The number of piperidine rings is 1. The first-order chi connectivity index (χ1) is 8.63. The first-order valence-corrected chi connectivity index (χ1v) is 5.91. The molecule has 1 aromatic rings. The summed E-state index contributed by atoms with van der Waals surface area (Å²) in [6.45, 7) is 1.57. The molecule has 0 amide bonds. The molecule has 1 N–H and O–H groups in total. The van der Waals surface area contributed by atoms with E-state index in [1.807, 2.05) is 0 Å². The first-order valence-electron chi connectivity index (χ1n) is 5.91. The van der Waals surface area contributed by atoms with Crippen molar-refractivity contribution in [3.8, 4) is 0 Å². The second kappa shape index (κ2) is 5.44. The highest BCUT2D eigenvalue weighted by molar-refractivity contribution is 5.91. The van der Waals surface area contributed by atoms with Crippen LogP contribution in [0.2, 0.25) is 0 Å². The van der Waals surface area contributed by atoms with Gasteiger partial charge in [-0.25, -0.2) is 13.6 Å². The number of esters is 1. The summed E-state index contributed by atoms with van der Waals surface area (Å²) in [5, 5.41) is 3.18. The van der Waals surface area contributed by atoms with Gasteiger partial charge in [0.2, 0.25) is 0 Å². The van der Waals surface area contributed by atoms with Gasteiger partial charge >= 0.3 is 5.97 Å². The zero-order chi connectivity index (χ0) is 13.1. The van der Waals surface area contributed by atoms with Crippen molar-refractivity contribution in [2.45, 2.75) is 18.8 Å². The lowest BCUT2D eigenvalue weighted by molar-refractivity contribution is 0.0598. The summed E-state index contributed by atoms with van der Waals surface area (Å²) in [6, 6.07) is 2.03. The Morgan fingerprint density at radius 2 is 2.11 bits per heavy atom. The van der Waals surface area contributed by atoms with E-state index in [4.69, 9.17) is 0 Å². The van der Waals surface area contributed by atoms with Gasteiger partial charge in [-0.3, -0.25) is 0 Å². The number of methoxy groups -OCH3 is 1. The fourth-order valence-corrected chi connectivity index (χ4v) is 2.30. The molecular weight excluding hydrogens is 240 g/mol. The number of carbonyl (C=O) groups excluding carboxylic acids is 1. The van der Waals surface area contributed by atoms with Gasteiger partial charge in [-0.05, 0) is 43.0 Å². The standard InChI is InChI=1S/C13H15F2NO2/c1-18-13(17)10-6-12(15)11(14)5-9(10)8-3-2-4-16-7-8/h5-6,8,16H,2-4,7H2,1H3. The molecule has 5 heteroatoms. The van der Waals surface area contributed by atoms with Gasteiger partial charge in [0.15, 0.2) is 11.6 Å². The Bertz CT molecular complexity index is 457. The number of rotatable bonds is 2. The maximum absolute atomic E-state index is 13.3. The van der Waals surface area contributed by atoms with Gasteiger partial charge in [-0.15, -0.1) is 0 Å². The summed E-state index contributed by atoms with van der Waals surface area (Å²) >= 11 is 0. The van der Waals surface area contributed by atoms with Gasteiger partial charge in [0, 0.05) is 6.54 Å². The Labute approximate surface area is 104 Å². The Kier molecular flexibility index (Phi) is 3.91. The zero-order valence-electron chi connectivity index (χ0n) is 10.1. The minimum atomic E-state index is -1.03. The van der Waals surface area contributed by atoms with Gasteiger partial charge in [-0.1, -0.05) is 0 Å². The molecule has 18 heavy (non-hydrogen) atoms. The van der Waals surface area contributed by atoms with Crippen LogP contribution in [-0.4, -0.2) is 26.2 Å². The van der Waals surface area contributed by atoms with Crippen molar-refractivity contribution in [1.29, 1.82) is 0 Å². The van der Waals surface area contributed by atoms with Crippen molar-refractivity contribution in [1.82, 2.24) is 5.32 Å². The molecule has 0 aliphatic carbocycles. The molecule has 1 fully saturated rings. The fourth-order valence-electron chi connectivity index (χ4n) is 2.30. The number of halogens is 2. The smallest absolute Gasteiger partial charge is 0.338 e. The minimum Gasteiger partial charge on any atom is -0.465 e. The van der Waals surface area contributed by atoms with E-state index in [2.05, 4.69) is 10.1 Å². The van der Waals surface area contributed by atoms with E-state index >= 15 is 0 Å². The quantitative estimate of drug-likeness (QED) is 0.823. The molecule has 1 aliphatic heterocycles. The lowest BCUT2D eigenvalue weighted by Gasteiger charge is -2.24. The Morgan fingerprint density at radius 3 is 2.72 bits per heavy atom. The lowest BCUT2D eigenvalue weighted by Crippen LogP contribution is -2.29. The molecule has 0 bridgehead atoms. The van der Waals surface area contributed by atoms with Crippen LogP contribution < -0.4 is 5.32 Å². The Balaban J connectivity index is 2.42. The van der Waals surface area contributed by atoms with Gasteiger partial charge < -0.3 is 10.1 Å². The molecular formula is C13H15F2NO2. The average molecular weight is 255 g/mol. The predicted octanol–water partition coefficient (Wildman–Crippen LogP) is 2.22. The SMILES string of the molecule is COC(=O)c1cc(F)c(F)cc1C1CCCNC1. The van der Waals surface area contributed by atoms with Crippen LogP contribution >= 0.6 is 0 Å². The van der Waals surface area contributed by atoms with Crippen LogP contribution in [0.25, 0.3) is 0 Å². The van der Waals surface area contributed by atoms with Gasteiger partial charge in [-0.2, -0.15) is 0 Å². The van der Waals surface area contributed by atoms with Crippen LogP contribution in [0.15, 0.2) is 12.1 Å². The monoisotopic (exact) mass is 255 g/mol. The van der Waals surface area contributed by atoms with Crippen molar-refractivity contribution >= 4 is 5.97 Å².